The first-order valence-electron chi connectivity index (χ1n) is 6.89. The number of amides is 1. The lowest BCUT2D eigenvalue weighted by atomic mass is 10.1. The molecule has 1 N–H and O–H groups in total. The van der Waals surface area contributed by atoms with Gasteiger partial charge in [0.05, 0.1) is 0 Å². The number of carbonyl (C=O) groups excluding carboxylic acids is 1. The molecule has 1 fully saturated rings. The Morgan fingerprint density at radius 1 is 1.50 bits per heavy atom. The number of aromatic nitrogens is 3. The summed E-state index contributed by atoms with van der Waals surface area (Å²) in [4.78, 5) is 17.6. The zero-order valence-electron chi connectivity index (χ0n) is 12.6. The van der Waals surface area contributed by atoms with Gasteiger partial charge in [0.1, 0.15) is 11.9 Å². The van der Waals surface area contributed by atoms with Gasteiger partial charge in [-0.1, -0.05) is 0 Å². The normalized spacial score (nSPS) is 16.1. The summed E-state index contributed by atoms with van der Waals surface area (Å²) in [6.45, 7) is 7.84. The van der Waals surface area contributed by atoms with Crippen LogP contribution in [0.1, 0.15) is 26.6 Å². The van der Waals surface area contributed by atoms with Crippen LogP contribution >= 0.6 is 0 Å². The lowest BCUT2D eigenvalue weighted by molar-refractivity contribution is 0.00540. The average molecular weight is 281 g/mol. The number of nitrogens with one attached hydrogen (secondary N) is 1. The van der Waals surface area contributed by atoms with Gasteiger partial charge < -0.3 is 15.0 Å². The Bertz CT molecular complexity index is 460. The van der Waals surface area contributed by atoms with Crippen molar-refractivity contribution in [3.8, 4) is 0 Å². The van der Waals surface area contributed by atoms with Crippen LogP contribution in [0, 0.1) is 0 Å². The summed E-state index contributed by atoms with van der Waals surface area (Å²) in [5.41, 5.74) is -0.430. The van der Waals surface area contributed by atoms with E-state index < -0.39 is 5.60 Å². The molecule has 7 nitrogen and oxygen atoms in total. The van der Waals surface area contributed by atoms with Crippen LogP contribution in [0.5, 0.6) is 0 Å². The van der Waals surface area contributed by atoms with E-state index in [1.54, 1.807) is 15.9 Å². The summed E-state index contributed by atoms with van der Waals surface area (Å²) in [7, 11) is 1.86. The third-order valence-corrected chi connectivity index (χ3v) is 2.96. The van der Waals surface area contributed by atoms with Crippen LogP contribution in [0.2, 0.25) is 0 Å². The van der Waals surface area contributed by atoms with E-state index >= 15 is 0 Å². The van der Waals surface area contributed by atoms with Gasteiger partial charge in [0.25, 0.3) is 0 Å². The SMILES string of the molecule is Cn1cnc(CCNC2CN(C(=O)OC(C)(C)C)C2)n1. The minimum Gasteiger partial charge on any atom is -0.444 e. The van der Waals surface area contributed by atoms with E-state index in [9.17, 15) is 4.79 Å². The van der Waals surface area contributed by atoms with Crippen molar-refractivity contribution in [3.05, 3.63) is 12.2 Å². The van der Waals surface area contributed by atoms with E-state index in [4.69, 9.17) is 4.74 Å². The summed E-state index contributed by atoms with van der Waals surface area (Å²) in [5, 5.41) is 7.60. The number of aryl methyl sites for hydroxylation is 1. The lowest BCUT2D eigenvalue weighted by Crippen LogP contribution is -2.60. The van der Waals surface area contributed by atoms with E-state index in [0.717, 1.165) is 18.8 Å². The predicted octanol–water partition coefficient (Wildman–Crippen LogP) is 0.567. The summed E-state index contributed by atoms with van der Waals surface area (Å²) in [6, 6.07) is 0.339. The van der Waals surface area contributed by atoms with Crippen molar-refractivity contribution in [2.24, 2.45) is 7.05 Å². The number of nitrogens with zero attached hydrogens (tertiary/aromatic N) is 4. The fourth-order valence-corrected chi connectivity index (χ4v) is 1.97. The van der Waals surface area contributed by atoms with Gasteiger partial charge in [0.15, 0.2) is 5.82 Å². The van der Waals surface area contributed by atoms with Crippen molar-refractivity contribution in [1.82, 2.24) is 25.0 Å². The number of likely N-dealkylation sites (tertiary alicyclic amines) is 1. The van der Waals surface area contributed by atoms with Gasteiger partial charge in [0.2, 0.25) is 0 Å². The Hall–Kier alpha value is -1.63. The number of ether oxygens (including phenoxy) is 1. The van der Waals surface area contributed by atoms with Gasteiger partial charge >= 0.3 is 6.09 Å². The van der Waals surface area contributed by atoms with Gasteiger partial charge in [-0.25, -0.2) is 9.78 Å². The highest BCUT2D eigenvalue weighted by Gasteiger charge is 2.33. The second-order valence-corrected chi connectivity index (χ2v) is 6.12. The molecule has 0 aliphatic carbocycles. The molecule has 20 heavy (non-hydrogen) atoms. The first-order valence-corrected chi connectivity index (χ1v) is 6.89. The standard InChI is InChI=1S/C13H23N5O2/c1-13(2,3)20-12(19)18-7-10(8-18)14-6-5-11-15-9-17(4)16-11/h9-10,14H,5-8H2,1-4H3. The van der Waals surface area contributed by atoms with Crippen LogP contribution in [0.15, 0.2) is 6.33 Å². The highest BCUT2D eigenvalue weighted by atomic mass is 16.6. The largest absolute Gasteiger partial charge is 0.444 e. The highest BCUT2D eigenvalue weighted by molar-refractivity contribution is 5.69. The molecule has 1 aliphatic rings. The number of rotatable bonds is 4. The maximum absolute atomic E-state index is 11.7. The number of hydrogen-bond acceptors (Lipinski definition) is 5. The van der Waals surface area contributed by atoms with Gasteiger partial charge in [-0.3, -0.25) is 4.68 Å². The van der Waals surface area contributed by atoms with Crippen LogP contribution in [-0.4, -0.2) is 57.0 Å². The highest BCUT2D eigenvalue weighted by Crippen LogP contribution is 2.15. The van der Waals surface area contributed by atoms with Crippen molar-refractivity contribution in [2.75, 3.05) is 19.6 Å². The van der Waals surface area contributed by atoms with E-state index in [-0.39, 0.29) is 6.09 Å². The van der Waals surface area contributed by atoms with Crippen LogP contribution in [0.4, 0.5) is 4.79 Å². The topological polar surface area (TPSA) is 72.3 Å². The van der Waals surface area contributed by atoms with Gasteiger partial charge in [-0.15, -0.1) is 0 Å². The fourth-order valence-electron chi connectivity index (χ4n) is 1.97. The number of hydrogen-bond donors (Lipinski definition) is 1. The first-order chi connectivity index (χ1) is 9.33. The van der Waals surface area contributed by atoms with Gasteiger partial charge in [0, 0.05) is 39.1 Å². The van der Waals surface area contributed by atoms with Crippen molar-refractivity contribution in [1.29, 1.82) is 0 Å². The Balaban J connectivity index is 1.61. The van der Waals surface area contributed by atoms with Crippen LogP contribution < -0.4 is 5.32 Å². The van der Waals surface area contributed by atoms with Gasteiger partial charge in [-0.05, 0) is 20.8 Å². The first kappa shape index (κ1) is 14.8. The lowest BCUT2D eigenvalue weighted by Gasteiger charge is -2.40. The summed E-state index contributed by atoms with van der Waals surface area (Å²) in [6.07, 6.45) is 2.26. The molecule has 0 aromatic carbocycles. The minimum atomic E-state index is -0.430. The van der Waals surface area contributed by atoms with Crippen LogP contribution in [0.3, 0.4) is 0 Å². The van der Waals surface area contributed by atoms with E-state index in [2.05, 4.69) is 15.4 Å². The second kappa shape index (κ2) is 5.78. The molecule has 1 aliphatic heterocycles. The maximum atomic E-state index is 11.7. The average Bonchev–Trinajstić information content (AvgIpc) is 2.64. The Morgan fingerprint density at radius 2 is 2.20 bits per heavy atom. The molecule has 0 atom stereocenters. The molecule has 1 aromatic heterocycles. The Kier molecular flexibility index (Phi) is 4.27. The molecule has 0 spiro atoms. The zero-order valence-corrected chi connectivity index (χ0v) is 12.6. The fraction of sp³-hybridized carbons (Fsp3) is 0.769. The van der Waals surface area contributed by atoms with E-state index in [1.165, 1.54) is 0 Å². The molecule has 2 heterocycles. The van der Waals surface area contributed by atoms with Crippen LogP contribution in [-0.2, 0) is 18.2 Å². The van der Waals surface area contributed by atoms with Crippen molar-refractivity contribution in [2.45, 2.75) is 38.8 Å². The molecule has 0 bridgehead atoms. The van der Waals surface area contributed by atoms with E-state index in [1.807, 2.05) is 27.8 Å². The third kappa shape index (κ3) is 4.19. The summed E-state index contributed by atoms with van der Waals surface area (Å²) < 4.78 is 7.00. The quantitative estimate of drug-likeness (QED) is 0.873. The minimum absolute atomic E-state index is 0.234. The molecular weight excluding hydrogens is 258 g/mol. The summed E-state index contributed by atoms with van der Waals surface area (Å²) >= 11 is 0. The Morgan fingerprint density at radius 3 is 2.75 bits per heavy atom. The van der Waals surface area contributed by atoms with Crippen LogP contribution in [0.25, 0.3) is 0 Å². The monoisotopic (exact) mass is 281 g/mol. The molecule has 1 saturated heterocycles. The van der Waals surface area contributed by atoms with Crippen molar-refractivity contribution in [3.63, 3.8) is 0 Å². The second-order valence-electron chi connectivity index (χ2n) is 6.12. The zero-order chi connectivity index (χ0) is 14.8. The van der Waals surface area contributed by atoms with Gasteiger partial charge in [-0.2, -0.15) is 5.10 Å². The Labute approximate surface area is 119 Å². The molecule has 0 unspecified atom stereocenters. The smallest absolute Gasteiger partial charge is 0.410 e. The molecule has 0 radical (unpaired) electrons. The van der Waals surface area contributed by atoms with Crippen molar-refractivity contribution >= 4 is 6.09 Å². The molecule has 1 aromatic rings. The molecule has 7 heteroatoms. The predicted molar refractivity (Wildman–Crippen MR) is 74.3 cm³/mol. The molecule has 0 saturated carbocycles. The summed E-state index contributed by atoms with van der Waals surface area (Å²) in [5.74, 6) is 0.836. The maximum Gasteiger partial charge on any atom is 0.410 e. The molecule has 1 amide bonds. The van der Waals surface area contributed by atoms with E-state index in [0.29, 0.717) is 19.1 Å². The third-order valence-electron chi connectivity index (χ3n) is 2.96. The molecule has 112 valence electrons. The molecule has 2 rings (SSSR count). The number of carbonyl (C=O) groups is 1. The van der Waals surface area contributed by atoms with Crippen molar-refractivity contribution < 1.29 is 9.53 Å². The molecular formula is C13H23N5O2.